The second kappa shape index (κ2) is 4.55. The van der Waals surface area contributed by atoms with Gasteiger partial charge in [-0.3, -0.25) is 0 Å². The van der Waals surface area contributed by atoms with Gasteiger partial charge in [-0.25, -0.2) is 9.78 Å². The van der Waals surface area contributed by atoms with E-state index in [4.69, 9.17) is 5.11 Å². The van der Waals surface area contributed by atoms with Crippen molar-refractivity contribution in [2.45, 2.75) is 13.8 Å². The Hall–Kier alpha value is -1.88. The summed E-state index contributed by atoms with van der Waals surface area (Å²) in [5.74, 6) is -0.940. The van der Waals surface area contributed by atoms with Crippen molar-refractivity contribution >= 4 is 28.1 Å². The first-order valence-corrected chi connectivity index (χ1v) is 5.91. The standard InChI is InChI=1S/C12H12N2O2S/c1-7-3-4-10(9(5-7)11(15)16)14-12-13-6-8(2)17-12/h3-6H,1-2H3,(H,13,14)(H,15,16). The molecule has 88 valence electrons. The van der Waals surface area contributed by atoms with Crippen LogP contribution in [0.4, 0.5) is 10.8 Å². The molecule has 0 aliphatic heterocycles. The average molecular weight is 248 g/mol. The zero-order valence-electron chi connectivity index (χ0n) is 9.52. The number of carboxylic acid groups (broad SMARTS) is 1. The summed E-state index contributed by atoms with van der Waals surface area (Å²) in [5.41, 5.74) is 1.75. The molecule has 0 bridgehead atoms. The summed E-state index contributed by atoms with van der Waals surface area (Å²) in [4.78, 5) is 16.3. The smallest absolute Gasteiger partial charge is 0.337 e. The Kier molecular flexibility index (Phi) is 3.10. The molecule has 1 aromatic heterocycles. The van der Waals surface area contributed by atoms with E-state index >= 15 is 0 Å². The molecule has 0 radical (unpaired) electrons. The van der Waals surface area contributed by atoms with Gasteiger partial charge in [-0.2, -0.15) is 0 Å². The van der Waals surface area contributed by atoms with Crippen molar-refractivity contribution in [3.8, 4) is 0 Å². The van der Waals surface area contributed by atoms with E-state index in [1.165, 1.54) is 11.3 Å². The number of carbonyl (C=O) groups is 1. The fourth-order valence-corrected chi connectivity index (χ4v) is 2.15. The van der Waals surface area contributed by atoms with Gasteiger partial charge in [-0.15, -0.1) is 11.3 Å². The van der Waals surface area contributed by atoms with Crippen LogP contribution in [0.1, 0.15) is 20.8 Å². The topological polar surface area (TPSA) is 62.2 Å². The van der Waals surface area contributed by atoms with Gasteiger partial charge in [0.1, 0.15) is 0 Å². The van der Waals surface area contributed by atoms with E-state index in [1.807, 2.05) is 19.9 Å². The molecule has 0 fully saturated rings. The maximum Gasteiger partial charge on any atom is 0.337 e. The van der Waals surface area contributed by atoms with Gasteiger partial charge in [0.2, 0.25) is 0 Å². The summed E-state index contributed by atoms with van der Waals surface area (Å²) in [7, 11) is 0. The molecule has 0 saturated heterocycles. The molecule has 2 aromatic rings. The van der Waals surface area contributed by atoms with Crippen molar-refractivity contribution in [3.63, 3.8) is 0 Å². The Labute approximate surface area is 103 Å². The van der Waals surface area contributed by atoms with Crippen molar-refractivity contribution < 1.29 is 9.90 Å². The van der Waals surface area contributed by atoms with Crippen LogP contribution < -0.4 is 5.32 Å². The van der Waals surface area contributed by atoms with Gasteiger partial charge in [0.25, 0.3) is 0 Å². The maximum atomic E-state index is 11.1. The minimum atomic E-state index is -0.940. The van der Waals surface area contributed by atoms with E-state index in [-0.39, 0.29) is 5.56 Å². The monoisotopic (exact) mass is 248 g/mol. The van der Waals surface area contributed by atoms with Crippen LogP contribution in [0.15, 0.2) is 24.4 Å². The SMILES string of the molecule is Cc1ccc(Nc2ncc(C)s2)c(C(=O)O)c1. The van der Waals surface area contributed by atoms with Crippen LogP contribution in [-0.4, -0.2) is 16.1 Å². The number of aryl methyl sites for hydroxylation is 2. The summed E-state index contributed by atoms with van der Waals surface area (Å²) in [6.45, 7) is 3.82. The molecule has 17 heavy (non-hydrogen) atoms. The number of nitrogens with zero attached hydrogens (tertiary/aromatic N) is 1. The number of benzene rings is 1. The normalized spacial score (nSPS) is 10.2. The number of hydrogen-bond donors (Lipinski definition) is 2. The Balaban J connectivity index is 2.35. The van der Waals surface area contributed by atoms with Crippen LogP contribution >= 0.6 is 11.3 Å². The molecule has 0 unspecified atom stereocenters. The van der Waals surface area contributed by atoms with Gasteiger partial charge in [0.05, 0.1) is 11.3 Å². The third-order valence-corrected chi connectivity index (χ3v) is 3.10. The molecule has 2 rings (SSSR count). The highest BCUT2D eigenvalue weighted by atomic mass is 32.1. The average Bonchev–Trinajstić information content (AvgIpc) is 2.66. The number of hydrogen-bond acceptors (Lipinski definition) is 4. The lowest BCUT2D eigenvalue weighted by Crippen LogP contribution is -2.02. The lowest BCUT2D eigenvalue weighted by atomic mass is 10.1. The van der Waals surface area contributed by atoms with Crippen LogP contribution in [-0.2, 0) is 0 Å². The number of carboxylic acids is 1. The van der Waals surface area contributed by atoms with Gasteiger partial charge in [-0.05, 0) is 26.0 Å². The Morgan fingerprint density at radius 3 is 2.76 bits per heavy atom. The molecular formula is C12H12N2O2S. The van der Waals surface area contributed by atoms with Crippen molar-refractivity contribution in [1.82, 2.24) is 4.98 Å². The predicted octanol–water partition coefficient (Wildman–Crippen LogP) is 3.20. The Bertz CT molecular complexity index is 563. The van der Waals surface area contributed by atoms with Crippen LogP contribution in [0.3, 0.4) is 0 Å². The largest absolute Gasteiger partial charge is 0.478 e. The minimum Gasteiger partial charge on any atom is -0.478 e. The van der Waals surface area contributed by atoms with E-state index in [0.29, 0.717) is 10.8 Å². The van der Waals surface area contributed by atoms with Crippen molar-refractivity contribution in [3.05, 3.63) is 40.4 Å². The summed E-state index contributed by atoms with van der Waals surface area (Å²) in [5, 5.41) is 12.8. The highest BCUT2D eigenvalue weighted by Gasteiger charge is 2.11. The number of nitrogens with one attached hydrogen (secondary N) is 1. The molecule has 0 spiro atoms. The number of anilines is 2. The first kappa shape index (κ1) is 11.6. The fourth-order valence-electron chi connectivity index (χ4n) is 1.47. The fraction of sp³-hybridized carbons (Fsp3) is 0.167. The first-order chi connectivity index (χ1) is 8.06. The summed E-state index contributed by atoms with van der Waals surface area (Å²) < 4.78 is 0. The van der Waals surface area contributed by atoms with Gasteiger partial charge in [0.15, 0.2) is 5.13 Å². The Morgan fingerprint density at radius 2 is 2.18 bits per heavy atom. The maximum absolute atomic E-state index is 11.1. The van der Waals surface area contributed by atoms with Crippen molar-refractivity contribution in [2.24, 2.45) is 0 Å². The molecule has 0 amide bonds. The highest BCUT2D eigenvalue weighted by molar-refractivity contribution is 7.15. The number of thiazole rings is 1. The molecule has 0 aliphatic carbocycles. The first-order valence-electron chi connectivity index (χ1n) is 5.09. The van der Waals surface area contributed by atoms with Crippen LogP contribution in [0.5, 0.6) is 0 Å². The zero-order chi connectivity index (χ0) is 12.4. The molecule has 0 aliphatic rings. The molecule has 5 heteroatoms. The van der Waals surface area contributed by atoms with E-state index < -0.39 is 5.97 Å². The third kappa shape index (κ3) is 2.62. The Morgan fingerprint density at radius 1 is 1.41 bits per heavy atom. The molecule has 4 nitrogen and oxygen atoms in total. The molecule has 1 heterocycles. The van der Waals surface area contributed by atoms with E-state index in [9.17, 15) is 4.79 Å². The quantitative estimate of drug-likeness (QED) is 0.875. The van der Waals surface area contributed by atoms with Crippen LogP contribution in [0, 0.1) is 13.8 Å². The van der Waals surface area contributed by atoms with Crippen LogP contribution in [0.25, 0.3) is 0 Å². The predicted molar refractivity (Wildman–Crippen MR) is 68.3 cm³/mol. The number of rotatable bonds is 3. The second-order valence-electron chi connectivity index (χ2n) is 3.76. The van der Waals surface area contributed by atoms with E-state index in [0.717, 1.165) is 10.4 Å². The van der Waals surface area contributed by atoms with Gasteiger partial charge >= 0.3 is 5.97 Å². The molecule has 0 atom stereocenters. The van der Waals surface area contributed by atoms with Gasteiger partial charge in [0, 0.05) is 11.1 Å². The minimum absolute atomic E-state index is 0.262. The second-order valence-corrected chi connectivity index (χ2v) is 4.99. The van der Waals surface area contributed by atoms with Gasteiger partial charge in [-0.1, -0.05) is 11.6 Å². The summed E-state index contributed by atoms with van der Waals surface area (Å²) >= 11 is 1.49. The number of aromatic nitrogens is 1. The zero-order valence-corrected chi connectivity index (χ0v) is 10.3. The highest BCUT2D eigenvalue weighted by Crippen LogP contribution is 2.25. The number of aromatic carboxylic acids is 1. The lowest BCUT2D eigenvalue weighted by molar-refractivity contribution is 0.0698. The van der Waals surface area contributed by atoms with Crippen molar-refractivity contribution in [2.75, 3.05) is 5.32 Å². The summed E-state index contributed by atoms with van der Waals surface area (Å²) in [6.07, 6.45) is 1.75. The summed E-state index contributed by atoms with van der Waals surface area (Å²) in [6, 6.07) is 5.27. The third-order valence-electron chi connectivity index (χ3n) is 2.27. The van der Waals surface area contributed by atoms with E-state index in [1.54, 1.807) is 18.3 Å². The van der Waals surface area contributed by atoms with Crippen molar-refractivity contribution in [1.29, 1.82) is 0 Å². The molecule has 0 saturated carbocycles. The van der Waals surface area contributed by atoms with E-state index in [2.05, 4.69) is 10.3 Å². The molecular weight excluding hydrogens is 236 g/mol. The molecule has 1 aromatic carbocycles. The molecule has 2 N–H and O–H groups in total. The van der Waals surface area contributed by atoms with Gasteiger partial charge < -0.3 is 10.4 Å². The van der Waals surface area contributed by atoms with Crippen LogP contribution in [0.2, 0.25) is 0 Å². The lowest BCUT2D eigenvalue weighted by Gasteiger charge is -2.07.